The van der Waals surface area contributed by atoms with Crippen molar-refractivity contribution in [2.75, 3.05) is 13.1 Å². The zero-order chi connectivity index (χ0) is 15.7. The largest absolute Gasteiger partial charge is 0.352 e. The Kier molecular flexibility index (Phi) is 4.12. The van der Waals surface area contributed by atoms with Crippen LogP contribution < -0.4 is 11.1 Å². The monoisotopic (exact) mass is 297 g/mol. The Morgan fingerprint density at radius 2 is 2.09 bits per heavy atom. The molecule has 1 aromatic heterocycles. The molecule has 3 N–H and O–H groups in total. The summed E-state index contributed by atoms with van der Waals surface area (Å²) in [5.41, 5.74) is 10.5. The minimum Gasteiger partial charge on any atom is -0.352 e. The summed E-state index contributed by atoms with van der Waals surface area (Å²) in [7, 11) is 0. The van der Waals surface area contributed by atoms with Crippen LogP contribution in [0.15, 0.2) is 18.2 Å². The van der Waals surface area contributed by atoms with E-state index in [-0.39, 0.29) is 5.91 Å². The molecular formula is C18H23N3O. The lowest BCUT2D eigenvalue weighted by Gasteiger charge is -2.12. The lowest BCUT2D eigenvalue weighted by molar-refractivity contribution is 0.0955. The molecule has 0 spiro atoms. The van der Waals surface area contributed by atoms with Crippen LogP contribution in [0.2, 0.25) is 0 Å². The molecule has 1 heterocycles. The van der Waals surface area contributed by atoms with Crippen LogP contribution in [0.4, 0.5) is 0 Å². The van der Waals surface area contributed by atoms with Gasteiger partial charge in [0.15, 0.2) is 0 Å². The summed E-state index contributed by atoms with van der Waals surface area (Å²) in [6.07, 6.45) is 3.15. The van der Waals surface area contributed by atoms with Crippen molar-refractivity contribution < 1.29 is 4.79 Å². The summed E-state index contributed by atoms with van der Waals surface area (Å²) in [6.45, 7) is 5.32. The van der Waals surface area contributed by atoms with Gasteiger partial charge in [-0.3, -0.25) is 9.78 Å². The van der Waals surface area contributed by atoms with Crippen LogP contribution in [-0.4, -0.2) is 24.0 Å². The van der Waals surface area contributed by atoms with Gasteiger partial charge in [-0.05, 0) is 57.4 Å². The molecule has 1 saturated carbocycles. The van der Waals surface area contributed by atoms with Crippen LogP contribution in [0.3, 0.4) is 0 Å². The number of carbonyl (C=O) groups excluding carboxylic acids is 1. The third kappa shape index (κ3) is 2.97. The van der Waals surface area contributed by atoms with Gasteiger partial charge in [-0.15, -0.1) is 0 Å². The molecule has 0 atom stereocenters. The van der Waals surface area contributed by atoms with Gasteiger partial charge >= 0.3 is 0 Å². The quantitative estimate of drug-likeness (QED) is 0.834. The van der Waals surface area contributed by atoms with Crippen LogP contribution in [0.25, 0.3) is 10.9 Å². The number of nitrogens with two attached hydrogens (primary N) is 1. The van der Waals surface area contributed by atoms with Gasteiger partial charge in [0, 0.05) is 23.5 Å². The summed E-state index contributed by atoms with van der Waals surface area (Å²) in [5.74, 6) is 0.508. The fourth-order valence-corrected chi connectivity index (χ4v) is 2.88. The molecule has 1 fully saturated rings. The van der Waals surface area contributed by atoms with Gasteiger partial charge in [0.25, 0.3) is 5.91 Å². The second kappa shape index (κ2) is 6.05. The molecule has 1 aliphatic carbocycles. The van der Waals surface area contributed by atoms with Crippen molar-refractivity contribution in [2.24, 2.45) is 5.73 Å². The molecule has 0 aliphatic heterocycles. The number of amides is 1. The lowest BCUT2D eigenvalue weighted by Crippen LogP contribution is -2.26. The Hall–Kier alpha value is -1.94. The summed E-state index contributed by atoms with van der Waals surface area (Å²) >= 11 is 0. The standard InChI is InChI=1S/C18H23N3O/c1-11-8-12(2)17-14(9-11)15(18(22)20-7-3-6-19)10-16(21-17)13-4-5-13/h8-10,13H,3-7,19H2,1-2H3,(H,20,22). The molecule has 2 aromatic rings. The molecule has 0 bridgehead atoms. The number of carbonyl (C=O) groups is 1. The van der Waals surface area contributed by atoms with Gasteiger partial charge in [0.05, 0.1) is 11.1 Å². The average molecular weight is 297 g/mol. The molecule has 0 saturated heterocycles. The first-order valence-corrected chi connectivity index (χ1v) is 8.00. The summed E-state index contributed by atoms with van der Waals surface area (Å²) in [5, 5.41) is 3.92. The minimum atomic E-state index is -0.0206. The molecule has 22 heavy (non-hydrogen) atoms. The number of hydrogen-bond donors (Lipinski definition) is 2. The van der Waals surface area contributed by atoms with E-state index in [0.29, 0.717) is 19.0 Å². The van der Waals surface area contributed by atoms with Gasteiger partial charge < -0.3 is 11.1 Å². The van der Waals surface area contributed by atoms with E-state index < -0.39 is 0 Å². The fraction of sp³-hybridized carbons (Fsp3) is 0.444. The SMILES string of the molecule is Cc1cc(C)c2nc(C3CC3)cc(C(=O)NCCCN)c2c1. The number of fused-ring (bicyclic) bond motifs is 1. The number of aryl methyl sites for hydroxylation is 2. The fourth-order valence-electron chi connectivity index (χ4n) is 2.88. The molecular weight excluding hydrogens is 274 g/mol. The van der Waals surface area contributed by atoms with Gasteiger partial charge in [-0.1, -0.05) is 11.6 Å². The highest BCUT2D eigenvalue weighted by atomic mass is 16.1. The number of rotatable bonds is 5. The highest BCUT2D eigenvalue weighted by Crippen LogP contribution is 2.40. The summed E-state index contributed by atoms with van der Waals surface area (Å²) in [6, 6.07) is 6.17. The van der Waals surface area contributed by atoms with Gasteiger partial charge in [-0.25, -0.2) is 0 Å². The zero-order valence-electron chi connectivity index (χ0n) is 13.3. The zero-order valence-corrected chi connectivity index (χ0v) is 13.3. The molecule has 4 nitrogen and oxygen atoms in total. The molecule has 1 amide bonds. The Bertz CT molecular complexity index is 720. The van der Waals surface area contributed by atoms with Crippen LogP contribution >= 0.6 is 0 Å². The molecule has 116 valence electrons. The second-order valence-electron chi connectivity index (χ2n) is 6.25. The first kappa shape index (κ1) is 15.0. The van der Waals surface area contributed by atoms with Crippen LogP contribution in [-0.2, 0) is 0 Å². The van der Waals surface area contributed by atoms with Crippen LogP contribution in [0, 0.1) is 13.8 Å². The normalized spacial score (nSPS) is 14.3. The third-order valence-corrected chi connectivity index (χ3v) is 4.17. The molecule has 3 rings (SSSR count). The summed E-state index contributed by atoms with van der Waals surface area (Å²) in [4.78, 5) is 17.4. The van der Waals surface area contributed by atoms with Crippen LogP contribution in [0.1, 0.15) is 52.4 Å². The molecule has 0 unspecified atom stereocenters. The lowest BCUT2D eigenvalue weighted by atomic mass is 10.00. The van der Waals surface area contributed by atoms with E-state index in [1.165, 1.54) is 12.8 Å². The topological polar surface area (TPSA) is 68.0 Å². The van der Waals surface area contributed by atoms with E-state index >= 15 is 0 Å². The first-order chi connectivity index (χ1) is 10.6. The van der Waals surface area contributed by atoms with Crippen molar-refractivity contribution in [3.05, 3.63) is 40.6 Å². The van der Waals surface area contributed by atoms with Crippen molar-refractivity contribution in [1.82, 2.24) is 10.3 Å². The molecule has 1 aliphatic rings. The predicted octanol–water partition coefficient (Wildman–Crippen LogP) is 2.81. The predicted molar refractivity (Wildman–Crippen MR) is 89.2 cm³/mol. The average Bonchev–Trinajstić information content (AvgIpc) is 3.31. The van der Waals surface area contributed by atoms with E-state index in [0.717, 1.165) is 39.7 Å². The Labute approximate surface area is 131 Å². The Morgan fingerprint density at radius 3 is 2.77 bits per heavy atom. The number of aromatic nitrogens is 1. The first-order valence-electron chi connectivity index (χ1n) is 8.00. The maximum Gasteiger partial charge on any atom is 0.252 e. The minimum absolute atomic E-state index is 0.0206. The molecule has 0 radical (unpaired) electrons. The van der Waals surface area contributed by atoms with Crippen molar-refractivity contribution in [1.29, 1.82) is 0 Å². The van der Waals surface area contributed by atoms with Gasteiger partial charge in [-0.2, -0.15) is 0 Å². The Balaban J connectivity index is 2.07. The van der Waals surface area contributed by atoms with Crippen molar-refractivity contribution >= 4 is 16.8 Å². The maximum atomic E-state index is 12.6. The van der Waals surface area contributed by atoms with E-state index in [1.54, 1.807) is 0 Å². The summed E-state index contributed by atoms with van der Waals surface area (Å²) < 4.78 is 0. The van der Waals surface area contributed by atoms with Gasteiger partial charge in [0.2, 0.25) is 0 Å². The Morgan fingerprint density at radius 1 is 1.32 bits per heavy atom. The second-order valence-corrected chi connectivity index (χ2v) is 6.25. The molecule has 1 aromatic carbocycles. The van der Waals surface area contributed by atoms with Crippen molar-refractivity contribution in [3.8, 4) is 0 Å². The highest BCUT2D eigenvalue weighted by molar-refractivity contribution is 6.07. The van der Waals surface area contributed by atoms with Crippen molar-refractivity contribution in [3.63, 3.8) is 0 Å². The number of pyridine rings is 1. The number of hydrogen-bond acceptors (Lipinski definition) is 3. The number of benzene rings is 1. The van der Waals surface area contributed by atoms with E-state index in [2.05, 4.69) is 31.3 Å². The molecule has 4 heteroatoms. The van der Waals surface area contributed by atoms with Crippen LogP contribution in [0.5, 0.6) is 0 Å². The van der Waals surface area contributed by atoms with Crippen molar-refractivity contribution in [2.45, 2.75) is 39.0 Å². The van der Waals surface area contributed by atoms with E-state index in [9.17, 15) is 4.79 Å². The van der Waals surface area contributed by atoms with E-state index in [4.69, 9.17) is 10.7 Å². The van der Waals surface area contributed by atoms with Gasteiger partial charge in [0.1, 0.15) is 0 Å². The third-order valence-electron chi connectivity index (χ3n) is 4.17. The number of nitrogens with one attached hydrogen (secondary N) is 1. The maximum absolute atomic E-state index is 12.6. The highest BCUT2D eigenvalue weighted by Gasteiger charge is 2.27. The smallest absolute Gasteiger partial charge is 0.252 e. The van der Waals surface area contributed by atoms with E-state index in [1.807, 2.05) is 6.07 Å². The number of nitrogens with zero attached hydrogens (tertiary/aromatic N) is 1.